The highest BCUT2D eigenvalue weighted by molar-refractivity contribution is 8.44. The van der Waals surface area contributed by atoms with E-state index in [4.69, 9.17) is 0 Å². The number of rotatable bonds is 3. The molecule has 0 unspecified atom stereocenters. The molecule has 1 aliphatic heterocycles. The Hall–Kier alpha value is -2.67. The summed E-state index contributed by atoms with van der Waals surface area (Å²) in [6.07, 6.45) is 1.29. The fraction of sp³-hybridized carbons (Fsp3) is 0. The lowest BCUT2D eigenvalue weighted by atomic mass is 10.2. The minimum atomic E-state index is -3.67. The zero-order chi connectivity index (χ0) is 20.8. The maximum atomic E-state index is 13.7. The Labute approximate surface area is 168 Å². The van der Waals surface area contributed by atoms with Crippen molar-refractivity contribution in [2.45, 2.75) is 9.79 Å². The van der Waals surface area contributed by atoms with Crippen LogP contribution in [0.1, 0.15) is 10.5 Å². The molecule has 0 saturated heterocycles. The smallest absolute Gasteiger partial charge is 0.277 e. The number of benzene rings is 2. The van der Waals surface area contributed by atoms with Crippen LogP contribution in [0.5, 0.6) is 0 Å². The molecule has 2 heterocycles. The fourth-order valence-corrected chi connectivity index (χ4v) is 7.63. The lowest BCUT2D eigenvalue weighted by Gasteiger charge is -2.45. The number of fused-ring (bicyclic) bond motifs is 1. The Kier molecular flexibility index (Phi) is 4.73. The molecule has 5 N–H and O–H groups in total. The molecule has 2 aromatic carbocycles. The van der Waals surface area contributed by atoms with E-state index in [1.165, 1.54) is 48.7 Å². The maximum Gasteiger partial charge on any atom is 0.277 e. The number of hydrogen-bond acceptors (Lipinski definition) is 7. The highest BCUT2D eigenvalue weighted by Gasteiger charge is 2.47. The van der Waals surface area contributed by atoms with Gasteiger partial charge in [-0.25, -0.2) is 9.37 Å². The van der Waals surface area contributed by atoms with Gasteiger partial charge in [-0.15, -0.1) is 0 Å². The summed E-state index contributed by atoms with van der Waals surface area (Å²) >= 11 is 0. The van der Waals surface area contributed by atoms with Crippen molar-refractivity contribution in [3.8, 4) is 0 Å². The van der Waals surface area contributed by atoms with Crippen LogP contribution < -0.4 is 9.03 Å². The van der Waals surface area contributed by atoms with Gasteiger partial charge in [0.15, 0.2) is 11.5 Å². The molecule has 152 valence electrons. The van der Waals surface area contributed by atoms with E-state index in [2.05, 4.69) is 10.3 Å². The summed E-state index contributed by atoms with van der Waals surface area (Å²) in [6, 6.07) is 14.1. The first-order valence-electron chi connectivity index (χ1n) is 8.21. The van der Waals surface area contributed by atoms with E-state index in [9.17, 15) is 27.4 Å². The summed E-state index contributed by atoms with van der Waals surface area (Å²) in [4.78, 5) is 15.9. The van der Waals surface area contributed by atoms with Crippen molar-refractivity contribution < 1.29 is 27.4 Å². The molecule has 1 aliphatic rings. The largest absolute Gasteiger partial charge is 0.321 e. The monoisotopic (exact) mass is 437 g/mol. The van der Waals surface area contributed by atoms with Crippen LogP contribution in [0, 0.1) is 5.82 Å². The quantitative estimate of drug-likeness (QED) is 0.388. The third-order valence-electron chi connectivity index (χ3n) is 4.21. The zero-order valence-corrected chi connectivity index (χ0v) is 16.3. The van der Waals surface area contributed by atoms with E-state index in [0.717, 1.165) is 9.78 Å². The second-order valence-electron chi connectivity index (χ2n) is 6.08. The summed E-state index contributed by atoms with van der Waals surface area (Å²) in [7, 11) is -7.34. The number of nitrogens with one attached hydrogen (secondary N) is 1. The predicted molar refractivity (Wildman–Crippen MR) is 110 cm³/mol. The summed E-state index contributed by atoms with van der Waals surface area (Å²) < 4.78 is 57.0. The zero-order valence-electron chi connectivity index (χ0n) is 14.6. The van der Waals surface area contributed by atoms with Crippen molar-refractivity contribution >= 4 is 38.8 Å². The van der Waals surface area contributed by atoms with Gasteiger partial charge in [0.2, 0.25) is 0 Å². The number of halogens is 1. The second kappa shape index (κ2) is 6.99. The van der Waals surface area contributed by atoms with Gasteiger partial charge in [0.05, 0.1) is 5.69 Å². The van der Waals surface area contributed by atoms with Gasteiger partial charge in [-0.2, -0.15) is 3.71 Å². The van der Waals surface area contributed by atoms with Gasteiger partial charge in [0, 0.05) is 11.9 Å². The first kappa shape index (κ1) is 19.6. The van der Waals surface area contributed by atoms with Gasteiger partial charge in [-0.3, -0.25) is 23.0 Å². The molecule has 3 aromatic rings. The molecule has 11 heteroatoms. The SMILES string of the molecule is O=C(Nc1ccc(N2S(O)(O)c3ccccc3S2(O)O)cc1)c1ncccc1F. The Balaban J connectivity index is 1.62. The van der Waals surface area contributed by atoms with Gasteiger partial charge < -0.3 is 5.32 Å². The molecule has 0 saturated carbocycles. The topological polar surface area (TPSA) is 126 Å². The average molecular weight is 437 g/mol. The molecule has 0 spiro atoms. The van der Waals surface area contributed by atoms with Crippen LogP contribution in [-0.2, 0) is 0 Å². The molecule has 4 rings (SSSR count). The Morgan fingerprint density at radius 1 is 0.897 bits per heavy atom. The summed E-state index contributed by atoms with van der Waals surface area (Å²) in [5.41, 5.74) is 0.0478. The van der Waals surface area contributed by atoms with E-state index in [-0.39, 0.29) is 26.9 Å². The highest BCUT2D eigenvalue weighted by Crippen LogP contribution is 2.77. The van der Waals surface area contributed by atoms with Crippen LogP contribution in [0.4, 0.5) is 15.8 Å². The van der Waals surface area contributed by atoms with Crippen molar-refractivity contribution in [2.24, 2.45) is 0 Å². The van der Waals surface area contributed by atoms with Crippen LogP contribution in [0.25, 0.3) is 0 Å². The van der Waals surface area contributed by atoms with Crippen molar-refractivity contribution in [3.63, 3.8) is 0 Å². The van der Waals surface area contributed by atoms with Gasteiger partial charge in [0.1, 0.15) is 9.79 Å². The molecule has 0 radical (unpaired) electrons. The van der Waals surface area contributed by atoms with Crippen molar-refractivity contribution in [1.82, 2.24) is 4.98 Å². The molecule has 1 aromatic heterocycles. The van der Waals surface area contributed by atoms with Crippen LogP contribution in [0.15, 0.2) is 76.7 Å². The standard InChI is InChI=1S/C18H16FN3O5S2/c19-14-4-3-11-20-17(14)18(23)21-12-7-9-13(10-8-12)22-28(24,25)15-5-1-2-6-16(15)29(22,26)27/h1-11,24-27H,(H,21,23). The lowest BCUT2D eigenvalue weighted by Crippen LogP contribution is -2.24. The molecular formula is C18H16FN3O5S2. The van der Waals surface area contributed by atoms with Crippen LogP contribution >= 0.6 is 21.6 Å². The predicted octanol–water partition coefficient (Wildman–Crippen LogP) is 5.04. The summed E-state index contributed by atoms with van der Waals surface area (Å²) in [6.45, 7) is 0. The molecule has 0 fully saturated rings. The number of carbonyl (C=O) groups excluding carboxylic acids is 1. The third kappa shape index (κ3) is 3.23. The minimum Gasteiger partial charge on any atom is -0.321 e. The number of carbonyl (C=O) groups is 1. The van der Waals surface area contributed by atoms with E-state index >= 15 is 0 Å². The van der Waals surface area contributed by atoms with Crippen molar-refractivity contribution in [1.29, 1.82) is 0 Å². The van der Waals surface area contributed by atoms with Gasteiger partial charge in [0.25, 0.3) is 5.91 Å². The van der Waals surface area contributed by atoms with Gasteiger partial charge in [-0.05, 0) is 48.5 Å². The van der Waals surface area contributed by atoms with Crippen molar-refractivity contribution in [2.75, 3.05) is 9.03 Å². The molecule has 8 nitrogen and oxygen atoms in total. The van der Waals surface area contributed by atoms with Gasteiger partial charge in [-0.1, -0.05) is 33.7 Å². The minimum absolute atomic E-state index is 0.0445. The molecular weight excluding hydrogens is 421 g/mol. The number of hydrogen-bond donors (Lipinski definition) is 5. The number of amides is 1. The maximum absolute atomic E-state index is 13.7. The summed E-state index contributed by atoms with van der Waals surface area (Å²) in [5, 5.41) is 2.48. The van der Waals surface area contributed by atoms with Crippen LogP contribution in [-0.4, -0.2) is 29.1 Å². The third-order valence-corrected chi connectivity index (χ3v) is 8.83. The van der Waals surface area contributed by atoms with E-state index in [1.807, 2.05) is 0 Å². The fourth-order valence-electron chi connectivity index (χ4n) is 2.93. The first-order chi connectivity index (χ1) is 13.7. The van der Waals surface area contributed by atoms with Gasteiger partial charge >= 0.3 is 0 Å². The van der Waals surface area contributed by atoms with Crippen LogP contribution in [0.3, 0.4) is 0 Å². The highest BCUT2D eigenvalue weighted by atomic mass is 32.4. The number of anilines is 2. The molecule has 0 aliphatic carbocycles. The van der Waals surface area contributed by atoms with E-state index < -0.39 is 33.3 Å². The average Bonchev–Trinajstić information content (AvgIpc) is 2.85. The number of nitrogens with zero attached hydrogens (tertiary/aromatic N) is 2. The first-order valence-corrected chi connectivity index (χ1v) is 11.2. The van der Waals surface area contributed by atoms with E-state index in [1.54, 1.807) is 12.1 Å². The Morgan fingerprint density at radius 3 is 2.03 bits per heavy atom. The number of pyridine rings is 1. The molecule has 0 bridgehead atoms. The van der Waals surface area contributed by atoms with Crippen molar-refractivity contribution in [3.05, 3.63) is 78.4 Å². The molecule has 0 atom stereocenters. The van der Waals surface area contributed by atoms with E-state index in [0.29, 0.717) is 0 Å². The second-order valence-corrected chi connectivity index (χ2v) is 9.99. The normalized spacial score (nSPS) is 18.6. The Bertz CT molecular complexity index is 1060. The molecule has 1 amide bonds. The van der Waals surface area contributed by atoms with Crippen LogP contribution in [0.2, 0.25) is 0 Å². The Morgan fingerprint density at radius 2 is 1.48 bits per heavy atom. The molecule has 29 heavy (non-hydrogen) atoms. The summed E-state index contributed by atoms with van der Waals surface area (Å²) in [5.74, 6) is -1.52. The lowest BCUT2D eigenvalue weighted by molar-refractivity contribution is 0.101. The number of aromatic nitrogens is 1.